The van der Waals surface area contributed by atoms with E-state index in [-0.39, 0.29) is 0 Å². The average molecular weight is 296 g/mol. The molecule has 2 rings (SSSR count). The largest absolute Gasteiger partial charge is 0.496 e. The minimum atomic E-state index is 0.371. The van der Waals surface area contributed by atoms with Gasteiger partial charge in [-0.25, -0.2) is 0 Å². The molecule has 1 aliphatic rings. The van der Waals surface area contributed by atoms with Gasteiger partial charge in [-0.05, 0) is 31.0 Å². The van der Waals surface area contributed by atoms with E-state index in [2.05, 4.69) is 18.3 Å². The molecular weight excluding hydrogens is 270 g/mol. The van der Waals surface area contributed by atoms with Gasteiger partial charge in [0.1, 0.15) is 5.75 Å². The SMILES string of the molecule is CCNC(CC1CCCCC1)c1ccc(Cl)cc1OC. The van der Waals surface area contributed by atoms with E-state index < -0.39 is 0 Å². The van der Waals surface area contributed by atoms with Crippen LogP contribution in [0.3, 0.4) is 0 Å². The second-order valence-electron chi connectivity index (χ2n) is 5.74. The van der Waals surface area contributed by atoms with Gasteiger partial charge in [0, 0.05) is 16.6 Å². The zero-order valence-electron chi connectivity index (χ0n) is 12.6. The Labute approximate surface area is 127 Å². The van der Waals surface area contributed by atoms with Gasteiger partial charge in [0.05, 0.1) is 7.11 Å². The summed E-state index contributed by atoms with van der Waals surface area (Å²) < 4.78 is 5.52. The summed E-state index contributed by atoms with van der Waals surface area (Å²) in [5.74, 6) is 1.74. The van der Waals surface area contributed by atoms with Gasteiger partial charge in [0.25, 0.3) is 0 Å². The quantitative estimate of drug-likeness (QED) is 0.800. The van der Waals surface area contributed by atoms with Gasteiger partial charge < -0.3 is 10.1 Å². The summed E-state index contributed by atoms with van der Waals surface area (Å²) in [6, 6.07) is 6.36. The molecule has 112 valence electrons. The molecule has 1 atom stereocenters. The molecular formula is C17H26ClNO. The van der Waals surface area contributed by atoms with E-state index in [0.717, 1.165) is 23.2 Å². The summed E-state index contributed by atoms with van der Waals surface area (Å²) in [6.07, 6.45) is 8.14. The Kier molecular flexibility index (Phi) is 6.18. The molecule has 1 unspecified atom stereocenters. The van der Waals surface area contributed by atoms with E-state index in [1.165, 1.54) is 44.1 Å². The molecule has 1 N–H and O–H groups in total. The number of halogens is 1. The molecule has 1 fully saturated rings. The molecule has 2 nitrogen and oxygen atoms in total. The Morgan fingerprint density at radius 3 is 2.70 bits per heavy atom. The average Bonchev–Trinajstić information content (AvgIpc) is 2.48. The molecule has 3 heteroatoms. The van der Waals surface area contributed by atoms with Crippen molar-refractivity contribution >= 4 is 11.6 Å². The Morgan fingerprint density at radius 1 is 1.30 bits per heavy atom. The van der Waals surface area contributed by atoms with Crippen LogP contribution in [-0.4, -0.2) is 13.7 Å². The first-order valence-corrected chi connectivity index (χ1v) is 8.19. The predicted molar refractivity (Wildman–Crippen MR) is 85.6 cm³/mol. The van der Waals surface area contributed by atoms with Gasteiger partial charge in [-0.3, -0.25) is 0 Å². The second-order valence-corrected chi connectivity index (χ2v) is 6.17. The maximum absolute atomic E-state index is 6.07. The van der Waals surface area contributed by atoms with Gasteiger partial charge in [-0.2, -0.15) is 0 Å². The number of nitrogens with one attached hydrogen (secondary N) is 1. The number of rotatable bonds is 6. The highest BCUT2D eigenvalue weighted by Crippen LogP contribution is 2.36. The third kappa shape index (κ3) is 4.13. The maximum Gasteiger partial charge on any atom is 0.125 e. The number of methoxy groups -OCH3 is 1. The first-order valence-electron chi connectivity index (χ1n) is 7.81. The summed E-state index contributed by atoms with van der Waals surface area (Å²) >= 11 is 6.07. The molecule has 0 bridgehead atoms. The topological polar surface area (TPSA) is 21.3 Å². The molecule has 1 aromatic carbocycles. The van der Waals surface area contributed by atoms with Gasteiger partial charge in [-0.1, -0.05) is 56.7 Å². The van der Waals surface area contributed by atoms with Crippen molar-refractivity contribution in [3.8, 4) is 5.75 Å². The summed E-state index contributed by atoms with van der Waals surface area (Å²) in [4.78, 5) is 0. The number of ether oxygens (including phenoxy) is 1. The molecule has 0 spiro atoms. The van der Waals surface area contributed by atoms with Gasteiger partial charge in [0.2, 0.25) is 0 Å². The smallest absolute Gasteiger partial charge is 0.125 e. The minimum absolute atomic E-state index is 0.371. The molecule has 20 heavy (non-hydrogen) atoms. The zero-order chi connectivity index (χ0) is 14.4. The monoisotopic (exact) mass is 295 g/mol. The van der Waals surface area contributed by atoms with Crippen molar-refractivity contribution in [2.45, 2.75) is 51.5 Å². The Bertz CT molecular complexity index is 415. The normalized spacial score (nSPS) is 17.9. The van der Waals surface area contributed by atoms with Crippen molar-refractivity contribution in [1.82, 2.24) is 5.32 Å². The van der Waals surface area contributed by atoms with Crippen LogP contribution in [0.25, 0.3) is 0 Å². The molecule has 0 aromatic heterocycles. The third-order valence-electron chi connectivity index (χ3n) is 4.32. The fourth-order valence-corrected chi connectivity index (χ4v) is 3.46. The predicted octanol–water partition coefficient (Wildman–Crippen LogP) is 4.97. The van der Waals surface area contributed by atoms with Crippen LogP contribution in [0.4, 0.5) is 0 Å². The van der Waals surface area contributed by atoms with Crippen molar-refractivity contribution in [2.75, 3.05) is 13.7 Å². The van der Waals surface area contributed by atoms with Crippen LogP contribution in [0.1, 0.15) is 57.1 Å². The van der Waals surface area contributed by atoms with Crippen LogP contribution < -0.4 is 10.1 Å². The van der Waals surface area contributed by atoms with E-state index in [0.29, 0.717) is 6.04 Å². The van der Waals surface area contributed by atoms with Crippen molar-refractivity contribution < 1.29 is 4.74 Å². The number of hydrogen-bond donors (Lipinski definition) is 1. The van der Waals surface area contributed by atoms with Crippen LogP contribution in [0.15, 0.2) is 18.2 Å². The van der Waals surface area contributed by atoms with Crippen molar-refractivity contribution in [1.29, 1.82) is 0 Å². The number of hydrogen-bond acceptors (Lipinski definition) is 2. The second kappa shape index (κ2) is 7.90. The third-order valence-corrected chi connectivity index (χ3v) is 4.55. The molecule has 1 saturated carbocycles. The Hall–Kier alpha value is -0.730. The van der Waals surface area contributed by atoms with Crippen LogP contribution in [0.5, 0.6) is 5.75 Å². The zero-order valence-corrected chi connectivity index (χ0v) is 13.4. The summed E-state index contributed by atoms with van der Waals surface area (Å²) in [6.45, 7) is 3.14. The highest BCUT2D eigenvalue weighted by Gasteiger charge is 2.22. The lowest BCUT2D eigenvalue weighted by Gasteiger charge is -2.28. The van der Waals surface area contributed by atoms with Crippen molar-refractivity contribution in [2.24, 2.45) is 5.92 Å². The minimum Gasteiger partial charge on any atom is -0.496 e. The molecule has 0 amide bonds. The lowest BCUT2D eigenvalue weighted by molar-refractivity contribution is 0.297. The van der Waals surface area contributed by atoms with E-state index in [9.17, 15) is 0 Å². The highest BCUT2D eigenvalue weighted by molar-refractivity contribution is 6.30. The van der Waals surface area contributed by atoms with Crippen molar-refractivity contribution in [3.05, 3.63) is 28.8 Å². The van der Waals surface area contributed by atoms with Gasteiger partial charge in [-0.15, -0.1) is 0 Å². The fourth-order valence-electron chi connectivity index (χ4n) is 3.30. The number of benzene rings is 1. The van der Waals surface area contributed by atoms with E-state index in [4.69, 9.17) is 16.3 Å². The van der Waals surface area contributed by atoms with Crippen LogP contribution in [0, 0.1) is 5.92 Å². The lowest BCUT2D eigenvalue weighted by Crippen LogP contribution is -2.24. The Morgan fingerprint density at radius 2 is 2.05 bits per heavy atom. The molecule has 0 saturated heterocycles. The molecule has 1 aliphatic carbocycles. The summed E-state index contributed by atoms with van der Waals surface area (Å²) in [5, 5.41) is 4.35. The molecule has 0 radical (unpaired) electrons. The first-order chi connectivity index (χ1) is 9.74. The Balaban J connectivity index is 2.14. The highest BCUT2D eigenvalue weighted by atomic mass is 35.5. The first kappa shape index (κ1) is 15.7. The van der Waals surface area contributed by atoms with Gasteiger partial charge >= 0.3 is 0 Å². The van der Waals surface area contributed by atoms with Crippen LogP contribution >= 0.6 is 11.6 Å². The van der Waals surface area contributed by atoms with Crippen LogP contribution in [-0.2, 0) is 0 Å². The summed E-state index contributed by atoms with van der Waals surface area (Å²) in [5.41, 5.74) is 1.24. The maximum atomic E-state index is 6.07. The van der Waals surface area contributed by atoms with Crippen molar-refractivity contribution in [3.63, 3.8) is 0 Å². The standard InChI is InChI=1S/C17H26ClNO/c1-3-19-16(11-13-7-5-4-6-8-13)15-10-9-14(18)12-17(15)20-2/h9-10,12-13,16,19H,3-8,11H2,1-2H3. The van der Waals surface area contributed by atoms with E-state index >= 15 is 0 Å². The molecule has 0 aliphatic heterocycles. The molecule has 0 heterocycles. The summed E-state index contributed by atoms with van der Waals surface area (Å²) in [7, 11) is 1.72. The fraction of sp³-hybridized carbons (Fsp3) is 0.647. The van der Waals surface area contributed by atoms with E-state index in [1.54, 1.807) is 7.11 Å². The van der Waals surface area contributed by atoms with Gasteiger partial charge in [0.15, 0.2) is 0 Å². The van der Waals surface area contributed by atoms with Crippen LogP contribution in [0.2, 0.25) is 5.02 Å². The molecule has 1 aromatic rings. The van der Waals surface area contributed by atoms with E-state index in [1.807, 2.05) is 12.1 Å². The lowest BCUT2D eigenvalue weighted by atomic mass is 9.83.